The van der Waals surface area contributed by atoms with E-state index in [1.54, 1.807) is 11.8 Å². The lowest BCUT2D eigenvalue weighted by molar-refractivity contribution is -0.0238. The van der Waals surface area contributed by atoms with Crippen LogP contribution in [-0.2, 0) is 0 Å². The van der Waals surface area contributed by atoms with Gasteiger partial charge in [-0.05, 0) is 90.7 Å². The van der Waals surface area contributed by atoms with Gasteiger partial charge in [-0.3, -0.25) is 4.98 Å². The van der Waals surface area contributed by atoms with Crippen LogP contribution in [0.4, 0.5) is 0 Å². The molecule has 27 heavy (non-hydrogen) atoms. The van der Waals surface area contributed by atoms with Crippen molar-refractivity contribution in [2.75, 3.05) is 0 Å². The highest BCUT2D eigenvalue weighted by molar-refractivity contribution is 6.30. The van der Waals surface area contributed by atoms with Gasteiger partial charge >= 0.3 is 0 Å². The molecule has 1 N–H and O–H groups in total. The first-order valence-electron chi connectivity index (χ1n) is 10.6. The molecule has 6 atom stereocenters. The molecule has 1 aromatic rings. The van der Waals surface area contributed by atoms with E-state index in [0.29, 0.717) is 11.3 Å². The highest BCUT2D eigenvalue weighted by atomic mass is 35.5. The van der Waals surface area contributed by atoms with Crippen LogP contribution in [0.5, 0.6) is 0 Å². The van der Waals surface area contributed by atoms with Crippen molar-refractivity contribution in [2.45, 2.75) is 64.9 Å². The average molecular weight is 384 g/mol. The molecule has 2 nitrogen and oxygen atoms in total. The fourth-order valence-corrected chi connectivity index (χ4v) is 7.39. The van der Waals surface area contributed by atoms with Gasteiger partial charge in [-0.2, -0.15) is 0 Å². The molecule has 0 bridgehead atoms. The van der Waals surface area contributed by atoms with Crippen LogP contribution in [0.2, 0.25) is 5.02 Å². The molecule has 0 aromatic carbocycles. The van der Waals surface area contributed by atoms with Crippen LogP contribution >= 0.6 is 11.6 Å². The standard InChI is InChI=1S/C24H30ClNO/c1-23-9-7-18(27)12-16(23)3-4-19-21-6-5-20(15-11-17(25)14-26-13-15)24(21,2)10-8-22(19)23/h3,5,11,13-14,18-19,21-22,27H,4,6-10,12H2,1-2H3/t18?,19?,21-,22?,23?,24?/m0/s1. The van der Waals surface area contributed by atoms with Crippen molar-refractivity contribution in [3.05, 3.63) is 46.8 Å². The van der Waals surface area contributed by atoms with Crippen LogP contribution in [0.15, 0.2) is 36.2 Å². The Labute approximate surface area is 167 Å². The lowest BCUT2D eigenvalue weighted by Gasteiger charge is -2.57. The van der Waals surface area contributed by atoms with E-state index in [9.17, 15) is 5.11 Å². The van der Waals surface area contributed by atoms with Crippen LogP contribution in [0, 0.1) is 28.6 Å². The highest BCUT2D eigenvalue weighted by Crippen LogP contribution is 2.66. The second-order valence-electron chi connectivity index (χ2n) is 9.86. The van der Waals surface area contributed by atoms with Crippen LogP contribution in [0.1, 0.15) is 64.4 Å². The number of allylic oxidation sites excluding steroid dienone is 3. The Morgan fingerprint density at radius 3 is 2.67 bits per heavy atom. The van der Waals surface area contributed by atoms with Gasteiger partial charge in [0.15, 0.2) is 0 Å². The largest absolute Gasteiger partial charge is 0.393 e. The Kier molecular flexibility index (Phi) is 4.11. The first-order chi connectivity index (χ1) is 12.9. The monoisotopic (exact) mass is 383 g/mol. The van der Waals surface area contributed by atoms with E-state index in [1.165, 1.54) is 36.8 Å². The quantitative estimate of drug-likeness (QED) is 0.598. The summed E-state index contributed by atoms with van der Waals surface area (Å²) >= 11 is 6.24. The number of aliphatic hydroxyl groups excluding tert-OH is 1. The van der Waals surface area contributed by atoms with Crippen molar-refractivity contribution in [2.24, 2.45) is 28.6 Å². The Balaban J connectivity index is 1.48. The lowest BCUT2D eigenvalue weighted by atomic mass is 9.47. The third-order valence-corrected chi connectivity index (χ3v) is 8.88. The van der Waals surface area contributed by atoms with Crippen molar-refractivity contribution < 1.29 is 5.11 Å². The number of pyridine rings is 1. The maximum atomic E-state index is 10.2. The zero-order valence-electron chi connectivity index (χ0n) is 16.4. The van der Waals surface area contributed by atoms with Gasteiger partial charge in [-0.15, -0.1) is 0 Å². The second kappa shape index (κ2) is 6.19. The molecule has 0 saturated heterocycles. The molecule has 2 fully saturated rings. The van der Waals surface area contributed by atoms with E-state index < -0.39 is 0 Å². The highest BCUT2D eigenvalue weighted by Gasteiger charge is 2.56. The van der Waals surface area contributed by atoms with Crippen LogP contribution in [0.25, 0.3) is 5.57 Å². The maximum Gasteiger partial charge on any atom is 0.0595 e. The molecule has 4 aliphatic rings. The molecule has 144 valence electrons. The molecule has 0 spiro atoms. The van der Waals surface area contributed by atoms with E-state index in [4.69, 9.17) is 11.6 Å². The summed E-state index contributed by atoms with van der Waals surface area (Å²) in [6, 6.07) is 2.09. The van der Waals surface area contributed by atoms with Crippen LogP contribution < -0.4 is 0 Å². The molecule has 0 amide bonds. The summed E-state index contributed by atoms with van der Waals surface area (Å²) in [6.45, 7) is 4.98. The summed E-state index contributed by atoms with van der Waals surface area (Å²) in [5, 5.41) is 10.9. The van der Waals surface area contributed by atoms with Crippen molar-refractivity contribution in [1.82, 2.24) is 4.98 Å². The van der Waals surface area contributed by atoms with Gasteiger partial charge in [0.1, 0.15) is 0 Å². The number of hydrogen-bond acceptors (Lipinski definition) is 2. The first-order valence-corrected chi connectivity index (χ1v) is 11.0. The van der Waals surface area contributed by atoms with Crippen molar-refractivity contribution in [3.63, 3.8) is 0 Å². The fraction of sp³-hybridized carbons (Fsp3) is 0.625. The Morgan fingerprint density at radius 1 is 1.04 bits per heavy atom. The Bertz CT molecular complexity index is 829. The third kappa shape index (κ3) is 2.59. The molecule has 1 heterocycles. The Morgan fingerprint density at radius 2 is 1.85 bits per heavy atom. The van der Waals surface area contributed by atoms with E-state index >= 15 is 0 Å². The van der Waals surface area contributed by atoms with E-state index in [2.05, 4.69) is 37.0 Å². The smallest absolute Gasteiger partial charge is 0.0595 e. The summed E-state index contributed by atoms with van der Waals surface area (Å²) in [7, 11) is 0. The number of rotatable bonds is 1. The molecule has 5 rings (SSSR count). The van der Waals surface area contributed by atoms with Gasteiger partial charge < -0.3 is 5.11 Å². The van der Waals surface area contributed by atoms with Gasteiger partial charge in [-0.1, -0.05) is 43.2 Å². The number of aromatic nitrogens is 1. The first kappa shape index (κ1) is 17.9. The zero-order chi connectivity index (χ0) is 18.8. The molecule has 4 aliphatic carbocycles. The second-order valence-corrected chi connectivity index (χ2v) is 10.3. The Hall–Kier alpha value is -1.12. The summed E-state index contributed by atoms with van der Waals surface area (Å²) in [6.07, 6.45) is 16.5. The van der Waals surface area contributed by atoms with Gasteiger partial charge in [0.25, 0.3) is 0 Å². The minimum absolute atomic E-state index is 0.121. The van der Waals surface area contributed by atoms with E-state index in [-0.39, 0.29) is 11.5 Å². The molecule has 2 saturated carbocycles. The van der Waals surface area contributed by atoms with Gasteiger partial charge in [0.2, 0.25) is 0 Å². The summed E-state index contributed by atoms with van der Waals surface area (Å²) in [4.78, 5) is 4.35. The minimum atomic E-state index is -0.121. The lowest BCUT2D eigenvalue weighted by Crippen LogP contribution is -2.49. The molecule has 1 aromatic heterocycles. The number of halogens is 1. The number of aliphatic hydroxyl groups is 1. The molecule has 3 heteroatoms. The SMILES string of the molecule is CC12CCC(O)CC1=CCC1C2CCC2(C)C(c3cncc(Cl)c3)=CC[C@@H]12. The van der Waals surface area contributed by atoms with Gasteiger partial charge in [0.05, 0.1) is 11.1 Å². The predicted molar refractivity (Wildman–Crippen MR) is 110 cm³/mol. The third-order valence-electron chi connectivity index (χ3n) is 8.67. The van der Waals surface area contributed by atoms with Crippen LogP contribution in [-0.4, -0.2) is 16.2 Å². The molecular formula is C24H30ClNO. The van der Waals surface area contributed by atoms with E-state index in [0.717, 1.165) is 36.1 Å². The summed E-state index contributed by atoms with van der Waals surface area (Å²) in [5.74, 6) is 2.24. The summed E-state index contributed by atoms with van der Waals surface area (Å²) < 4.78 is 0. The normalized spacial score (nSPS) is 43.3. The van der Waals surface area contributed by atoms with Gasteiger partial charge in [-0.25, -0.2) is 0 Å². The molecule has 0 aliphatic heterocycles. The topological polar surface area (TPSA) is 33.1 Å². The molecule has 0 radical (unpaired) electrons. The number of fused-ring (bicyclic) bond motifs is 5. The molecule has 5 unspecified atom stereocenters. The maximum absolute atomic E-state index is 10.2. The fourth-order valence-electron chi connectivity index (χ4n) is 7.22. The van der Waals surface area contributed by atoms with Gasteiger partial charge in [0, 0.05) is 12.4 Å². The van der Waals surface area contributed by atoms with Crippen molar-refractivity contribution >= 4 is 17.2 Å². The van der Waals surface area contributed by atoms with Crippen molar-refractivity contribution in [3.8, 4) is 0 Å². The van der Waals surface area contributed by atoms with Crippen molar-refractivity contribution in [1.29, 1.82) is 0 Å². The van der Waals surface area contributed by atoms with Crippen LogP contribution in [0.3, 0.4) is 0 Å². The average Bonchev–Trinajstić information content (AvgIpc) is 2.99. The zero-order valence-corrected chi connectivity index (χ0v) is 17.2. The predicted octanol–water partition coefficient (Wildman–Crippen LogP) is 6.05. The minimum Gasteiger partial charge on any atom is -0.393 e. The number of nitrogens with zero attached hydrogens (tertiary/aromatic N) is 1. The summed E-state index contributed by atoms with van der Waals surface area (Å²) in [5.41, 5.74) is 4.79. The number of hydrogen-bond donors (Lipinski definition) is 1. The molecular weight excluding hydrogens is 354 g/mol. The van der Waals surface area contributed by atoms with E-state index in [1.807, 2.05) is 6.20 Å².